The maximum Gasteiger partial charge on any atom is 0.251 e. The summed E-state index contributed by atoms with van der Waals surface area (Å²) in [5, 5.41) is 2.76. The van der Waals surface area contributed by atoms with Crippen LogP contribution in [0.3, 0.4) is 0 Å². The van der Waals surface area contributed by atoms with Gasteiger partial charge in [0.15, 0.2) is 0 Å². The van der Waals surface area contributed by atoms with Crippen LogP contribution in [0.4, 0.5) is 15.9 Å². The highest BCUT2D eigenvalue weighted by Crippen LogP contribution is 2.29. The Morgan fingerprint density at radius 2 is 1.68 bits per heavy atom. The molecule has 0 radical (unpaired) electrons. The molecule has 0 fully saturated rings. The fourth-order valence-electron chi connectivity index (χ4n) is 3.00. The number of hydrogen-bond acceptors (Lipinski definition) is 4. The van der Waals surface area contributed by atoms with Gasteiger partial charge in [-0.1, -0.05) is 58.9 Å². The number of nitrogens with zero attached hydrogens (tertiary/aromatic N) is 1. The normalized spacial score (nSPS) is 10.8. The number of hydrogen-bond donors (Lipinski definition) is 3. The number of rotatable bonds is 4. The molecule has 0 saturated heterocycles. The number of nitrogens with two attached hydrogens (primary N) is 2. The number of nitrogens with one attached hydrogen (secondary N) is 1. The smallest absolute Gasteiger partial charge is 0.251 e. The summed E-state index contributed by atoms with van der Waals surface area (Å²) < 4.78 is 14.6. The van der Waals surface area contributed by atoms with Gasteiger partial charge >= 0.3 is 0 Å². The second-order valence-electron chi connectivity index (χ2n) is 7.97. The minimum Gasteiger partial charge on any atom is -0.395 e. The van der Waals surface area contributed by atoms with Crippen molar-refractivity contribution in [2.45, 2.75) is 46.6 Å². The first-order valence-corrected chi connectivity index (χ1v) is 10.3. The predicted octanol–water partition coefficient (Wildman–Crippen LogP) is 5.31. The molecular formula is C25H31FN4O. The fraction of sp³-hybridized carbons (Fsp3) is 0.280. The molecule has 6 heteroatoms. The van der Waals surface area contributed by atoms with Gasteiger partial charge in [0.2, 0.25) is 0 Å². The van der Waals surface area contributed by atoms with Gasteiger partial charge in [0, 0.05) is 29.4 Å². The van der Waals surface area contributed by atoms with E-state index in [2.05, 4.69) is 31.1 Å². The van der Waals surface area contributed by atoms with Gasteiger partial charge < -0.3 is 16.8 Å². The molecule has 0 saturated carbocycles. The summed E-state index contributed by atoms with van der Waals surface area (Å²) in [6, 6.07) is 13.9. The Balaban J connectivity index is 0.00000166. The molecule has 5 nitrogen and oxygen atoms in total. The minimum atomic E-state index is -0.430. The molecule has 0 unspecified atom stereocenters. The SMILES string of the molecule is CC.CC(C)(C)c1ccc(C(=O)NCc2ccc(-c3ccnc(N)c3N)cc2F)cc1. The lowest BCUT2D eigenvalue weighted by Gasteiger charge is -2.19. The van der Waals surface area contributed by atoms with Gasteiger partial charge in [-0.15, -0.1) is 0 Å². The van der Waals surface area contributed by atoms with Gasteiger partial charge in [0.05, 0.1) is 5.69 Å². The van der Waals surface area contributed by atoms with Crippen molar-refractivity contribution < 1.29 is 9.18 Å². The number of pyridine rings is 1. The number of halogens is 1. The Bertz CT molecular complexity index is 1040. The maximum absolute atomic E-state index is 14.6. The zero-order valence-electron chi connectivity index (χ0n) is 18.8. The fourth-order valence-corrected chi connectivity index (χ4v) is 3.00. The molecular weight excluding hydrogens is 391 g/mol. The largest absolute Gasteiger partial charge is 0.395 e. The molecule has 0 atom stereocenters. The van der Waals surface area contributed by atoms with E-state index in [0.29, 0.717) is 27.9 Å². The second-order valence-corrected chi connectivity index (χ2v) is 7.97. The zero-order chi connectivity index (χ0) is 23.2. The Morgan fingerprint density at radius 1 is 1.03 bits per heavy atom. The number of carbonyl (C=O) groups is 1. The Morgan fingerprint density at radius 3 is 2.26 bits per heavy atom. The third-order valence-corrected chi connectivity index (χ3v) is 4.84. The van der Waals surface area contributed by atoms with Crippen molar-refractivity contribution in [3.05, 3.63) is 77.2 Å². The van der Waals surface area contributed by atoms with E-state index >= 15 is 0 Å². The van der Waals surface area contributed by atoms with Crippen molar-refractivity contribution in [1.29, 1.82) is 0 Å². The van der Waals surface area contributed by atoms with Crippen molar-refractivity contribution in [2.24, 2.45) is 0 Å². The summed E-state index contributed by atoms with van der Waals surface area (Å²) in [6.07, 6.45) is 1.53. The van der Waals surface area contributed by atoms with Crippen molar-refractivity contribution in [3.63, 3.8) is 0 Å². The number of aromatic nitrogens is 1. The molecule has 5 N–H and O–H groups in total. The van der Waals surface area contributed by atoms with E-state index in [0.717, 1.165) is 5.56 Å². The molecule has 1 amide bonds. The van der Waals surface area contributed by atoms with Crippen LogP contribution < -0.4 is 16.8 Å². The van der Waals surface area contributed by atoms with Gasteiger partial charge in [0.1, 0.15) is 11.6 Å². The first kappa shape index (κ1) is 23.9. The molecule has 0 spiro atoms. The molecule has 164 valence electrons. The average molecular weight is 423 g/mol. The molecule has 31 heavy (non-hydrogen) atoms. The van der Waals surface area contributed by atoms with E-state index < -0.39 is 5.82 Å². The number of nitrogen functional groups attached to an aromatic ring is 2. The van der Waals surface area contributed by atoms with Crippen LogP contribution in [0.15, 0.2) is 54.7 Å². The van der Waals surface area contributed by atoms with E-state index in [-0.39, 0.29) is 23.7 Å². The third-order valence-electron chi connectivity index (χ3n) is 4.84. The van der Waals surface area contributed by atoms with Crippen LogP contribution in [0.1, 0.15) is 56.1 Å². The number of benzene rings is 2. The first-order valence-electron chi connectivity index (χ1n) is 10.3. The lowest BCUT2D eigenvalue weighted by atomic mass is 9.87. The lowest BCUT2D eigenvalue weighted by molar-refractivity contribution is 0.0950. The van der Waals surface area contributed by atoms with Gasteiger partial charge in [-0.2, -0.15) is 0 Å². The van der Waals surface area contributed by atoms with Crippen molar-refractivity contribution in [1.82, 2.24) is 10.3 Å². The number of amides is 1. The highest BCUT2D eigenvalue weighted by molar-refractivity contribution is 5.94. The maximum atomic E-state index is 14.6. The lowest BCUT2D eigenvalue weighted by Crippen LogP contribution is -2.23. The van der Waals surface area contributed by atoms with E-state index in [1.165, 1.54) is 12.3 Å². The quantitative estimate of drug-likeness (QED) is 0.531. The second kappa shape index (κ2) is 10.1. The van der Waals surface area contributed by atoms with Crippen LogP contribution in [0.2, 0.25) is 0 Å². The van der Waals surface area contributed by atoms with Crippen LogP contribution in [0.5, 0.6) is 0 Å². The summed E-state index contributed by atoms with van der Waals surface area (Å²) in [4.78, 5) is 16.3. The molecule has 0 bridgehead atoms. The van der Waals surface area contributed by atoms with Crippen LogP contribution in [-0.4, -0.2) is 10.9 Å². The summed E-state index contributed by atoms with van der Waals surface area (Å²) in [7, 11) is 0. The Kier molecular flexibility index (Phi) is 7.75. The Labute approximate surface area is 183 Å². The van der Waals surface area contributed by atoms with E-state index in [1.54, 1.807) is 30.3 Å². The van der Waals surface area contributed by atoms with E-state index in [9.17, 15) is 9.18 Å². The molecule has 1 aromatic heterocycles. The van der Waals surface area contributed by atoms with Crippen LogP contribution in [0, 0.1) is 5.82 Å². The van der Waals surface area contributed by atoms with Gasteiger partial charge in [-0.05, 0) is 40.8 Å². The summed E-state index contributed by atoms with van der Waals surface area (Å²) in [5.74, 6) is -0.475. The van der Waals surface area contributed by atoms with E-state index in [4.69, 9.17) is 11.5 Å². The number of carbonyl (C=O) groups excluding carboxylic acids is 1. The molecule has 2 aromatic carbocycles. The van der Waals surface area contributed by atoms with E-state index in [1.807, 2.05) is 26.0 Å². The van der Waals surface area contributed by atoms with Gasteiger partial charge in [-0.3, -0.25) is 4.79 Å². The first-order chi connectivity index (χ1) is 14.7. The predicted molar refractivity (Wildman–Crippen MR) is 126 cm³/mol. The summed E-state index contributed by atoms with van der Waals surface area (Å²) >= 11 is 0. The molecule has 0 aliphatic carbocycles. The van der Waals surface area contributed by atoms with Gasteiger partial charge in [0.25, 0.3) is 5.91 Å². The van der Waals surface area contributed by atoms with Crippen LogP contribution in [-0.2, 0) is 12.0 Å². The molecule has 0 aliphatic rings. The minimum absolute atomic E-state index is 0.0166. The topological polar surface area (TPSA) is 94.0 Å². The van der Waals surface area contributed by atoms with Gasteiger partial charge in [-0.25, -0.2) is 9.37 Å². The molecule has 3 rings (SSSR count). The Hall–Kier alpha value is -3.41. The highest BCUT2D eigenvalue weighted by Gasteiger charge is 2.15. The zero-order valence-corrected chi connectivity index (χ0v) is 18.8. The summed E-state index contributed by atoms with van der Waals surface area (Å²) in [6.45, 7) is 10.4. The molecule has 3 aromatic rings. The van der Waals surface area contributed by atoms with Crippen LogP contribution >= 0.6 is 0 Å². The third kappa shape index (κ3) is 5.81. The standard InChI is InChI=1S/C23H25FN4O.C2H6/c1-23(2,3)17-8-6-14(7-9-17)22(29)28-13-16-5-4-15(12-19(16)24)18-10-11-27-21(26)20(18)25;1-2/h4-12H,13,25H2,1-3H3,(H2,26,27)(H,28,29);1-2H3. The average Bonchev–Trinajstić information content (AvgIpc) is 2.75. The number of anilines is 2. The molecule has 0 aliphatic heterocycles. The monoisotopic (exact) mass is 422 g/mol. The molecule has 1 heterocycles. The summed E-state index contributed by atoms with van der Waals surface area (Å²) in [5.41, 5.74) is 15.3. The highest BCUT2D eigenvalue weighted by atomic mass is 19.1. The van der Waals surface area contributed by atoms with Crippen LogP contribution in [0.25, 0.3) is 11.1 Å². The van der Waals surface area contributed by atoms with Crippen molar-refractivity contribution >= 4 is 17.4 Å². The van der Waals surface area contributed by atoms with Crippen molar-refractivity contribution in [2.75, 3.05) is 11.5 Å². The van der Waals surface area contributed by atoms with Crippen molar-refractivity contribution in [3.8, 4) is 11.1 Å².